The van der Waals surface area contributed by atoms with E-state index >= 15 is 0 Å². The van der Waals surface area contributed by atoms with Gasteiger partial charge in [-0.25, -0.2) is 0 Å². The molecule has 0 aromatic heterocycles. The van der Waals surface area contributed by atoms with Crippen molar-refractivity contribution in [3.05, 3.63) is 0 Å². The molecule has 0 radical (unpaired) electrons. The van der Waals surface area contributed by atoms with Crippen molar-refractivity contribution in [3.8, 4) is 0 Å². The van der Waals surface area contributed by atoms with Crippen LogP contribution in [0.1, 0.15) is 40.0 Å². The summed E-state index contributed by atoms with van der Waals surface area (Å²) in [6.45, 7) is 9.89. The summed E-state index contributed by atoms with van der Waals surface area (Å²) in [5.74, 6) is 2.94. The molecule has 0 aliphatic carbocycles. The molecule has 0 spiro atoms. The molecule has 3 saturated heterocycles. The van der Waals surface area contributed by atoms with Crippen LogP contribution in [-0.2, 0) is 0 Å². The number of piperidine rings is 3. The van der Waals surface area contributed by atoms with Gasteiger partial charge in [-0.15, -0.1) is 0 Å². The lowest BCUT2D eigenvalue weighted by Gasteiger charge is -2.51. The summed E-state index contributed by atoms with van der Waals surface area (Å²) in [5.41, 5.74) is 0. The maximum absolute atomic E-state index is 2.75. The molecule has 0 amide bonds. The summed E-state index contributed by atoms with van der Waals surface area (Å²) >= 11 is 0. The van der Waals surface area contributed by atoms with Gasteiger partial charge in [0.1, 0.15) is 0 Å². The Labute approximate surface area is 82.5 Å². The second-order valence-electron chi connectivity index (χ2n) is 5.26. The SMILES string of the molecule is CCC1CN2CCC1CC2C(C)C. The summed E-state index contributed by atoms with van der Waals surface area (Å²) in [6, 6.07) is 0.904. The lowest BCUT2D eigenvalue weighted by atomic mass is 9.72. The standard InChI is InChI=1S/C12H23N/c1-4-10-8-13-6-5-11(10)7-12(13)9(2)3/h9-12H,4-8H2,1-3H3. The number of hydrogen-bond acceptors (Lipinski definition) is 1. The number of nitrogens with zero attached hydrogens (tertiary/aromatic N) is 1. The molecule has 4 unspecified atom stereocenters. The van der Waals surface area contributed by atoms with Gasteiger partial charge in [0.25, 0.3) is 0 Å². The topological polar surface area (TPSA) is 3.24 Å². The van der Waals surface area contributed by atoms with Gasteiger partial charge in [-0.3, -0.25) is 4.90 Å². The van der Waals surface area contributed by atoms with E-state index in [4.69, 9.17) is 0 Å². The quantitative estimate of drug-likeness (QED) is 0.633. The fourth-order valence-electron chi connectivity index (χ4n) is 3.34. The Morgan fingerprint density at radius 3 is 2.62 bits per heavy atom. The second kappa shape index (κ2) is 3.61. The molecule has 3 aliphatic rings. The molecular weight excluding hydrogens is 158 g/mol. The zero-order chi connectivity index (χ0) is 9.42. The van der Waals surface area contributed by atoms with Crippen molar-refractivity contribution in [2.24, 2.45) is 17.8 Å². The van der Waals surface area contributed by atoms with Gasteiger partial charge < -0.3 is 0 Å². The molecule has 3 heterocycles. The van der Waals surface area contributed by atoms with Gasteiger partial charge in [-0.2, -0.15) is 0 Å². The molecule has 0 aromatic rings. The van der Waals surface area contributed by atoms with E-state index in [-0.39, 0.29) is 0 Å². The molecule has 0 N–H and O–H groups in total. The molecule has 0 aromatic carbocycles. The molecule has 3 aliphatic heterocycles. The monoisotopic (exact) mass is 181 g/mol. The van der Waals surface area contributed by atoms with E-state index in [0.717, 1.165) is 23.8 Å². The maximum atomic E-state index is 2.75. The largest absolute Gasteiger partial charge is 0.300 e. The zero-order valence-electron chi connectivity index (χ0n) is 9.29. The van der Waals surface area contributed by atoms with Crippen LogP contribution in [-0.4, -0.2) is 24.0 Å². The predicted molar refractivity (Wildman–Crippen MR) is 56.7 cm³/mol. The predicted octanol–water partition coefficient (Wildman–Crippen LogP) is 2.76. The molecule has 1 heteroatoms. The minimum Gasteiger partial charge on any atom is -0.300 e. The van der Waals surface area contributed by atoms with Gasteiger partial charge in [0.05, 0.1) is 0 Å². The Kier molecular flexibility index (Phi) is 2.64. The van der Waals surface area contributed by atoms with Crippen molar-refractivity contribution in [3.63, 3.8) is 0 Å². The van der Waals surface area contributed by atoms with E-state index in [1.165, 1.54) is 32.4 Å². The van der Waals surface area contributed by atoms with Crippen LogP contribution in [0.3, 0.4) is 0 Å². The normalized spacial score (nSPS) is 44.3. The van der Waals surface area contributed by atoms with Crippen LogP contribution in [0.15, 0.2) is 0 Å². The van der Waals surface area contributed by atoms with Crippen molar-refractivity contribution >= 4 is 0 Å². The van der Waals surface area contributed by atoms with E-state index < -0.39 is 0 Å². The molecule has 76 valence electrons. The van der Waals surface area contributed by atoms with Gasteiger partial charge in [-0.1, -0.05) is 27.2 Å². The van der Waals surface area contributed by atoms with Crippen molar-refractivity contribution < 1.29 is 0 Å². The minimum absolute atomic E-state index is 0.862. The Morgan fingerprint density at radius 2 is 2.15 bits per heavy atom. The Morgan fingerprint density at radius 1 is 1.38 bits per heavy atom. The highest BCUT2D eigenvalue weighted by Gasteiger charge is 2.39. The van der Waals surface area contributed by atoms with Gasteiger partial charge in [-0.05, 0) is 37.1 Å². The smallest absolute Gasteiger partial charge is 0.0121 e. The summed E-state index contributed by atoms with van der Waals surface area (Å²) < 4.78 is 0. The Hall–Kier alpha value is -0.0400. The summed E-state index contributed by atoms with van der Waals surface area (Å²) in [7, 11) is 0. The van der Waals surface area contributed by atoms with Crippen molar-refractivity contribution in [2.75, 3.05) is 13.1 Å². The van der Waals surface area contributed by atoms with E-state index in [1.807, 2.05) is 0 Å². The van der Waals surface area contributed by atoms with Crippen LogP contribution in [0.25, 0.3) is 0 Å². The molecule has 2 bridgehead atoms. The molecule has 1 nitrogen and oxygen atoms in total. The Bertz CT molecular complexity index is 176. The van der Waals surface area contributed by atoms with Gasteiger partial charge >= 0.3 is 0 Å². The number of hydrogen-bond donors (Lipinski definition) is 0. The lowest BCUT2D eigenvalue weighted by molar-refractivity contribution is -0.0185. The molecule has 3 rings (SSSR count). The first-order chi connectivity index (χ1) is 6.22. The van der Waals surface area contributed by atoms with Crippen molar-refractivity contribution in [2.45, 2.75) is 46.1 Å². The van der Waals surface area contributed by atoms with E-state index in [0.29, 0.717) is 0 Å². The molecule has 13 heavy (non-hydrogen) atoms. The van der Waals surface area contributed by atoms with Crippen LogP contribution in [0.5, 0.6) is 0 Å². The fourth-order valence-corrected chi connectivity index (χ4v) is 3.34. The van der Waals surface area contributed by atoms with Crippen LogP contribution in [0, 0.1) is 17.8 Å². The van der Waals surface area contributed by atoms with Gasteiger partial charge in [0, 0.05) is 12.6 Å². The van der Waals surface area contributed by atoms with Crippen LogP contribution in [0.2, 0.25) is 0 Å². The second-order valence-corrected chi connectivity index (χ2v) is 5.26. The summed E-state index contributed by atoms with van der Waals surface area (Å²) in [5, 5.41) is 0. The zero-order valence-corrected chi connectivity index (χ0v) is 9.29. The van der Waals surface area contributed by atoms with Crippen LogP contribution < -0.4 is 0 Å². The third-order valence-corrected chi connectivity index (χ3v) is 4.23. The summed E-state index contributed by atoms with van der Waals surface area (Å²) in [6.07, 6.45) is 4.35. The average molecular weight is 181 g/mol. The molecular formula is C12H23N. The highest BCUT2D eigenvalue weighted by atomic mass is 15.2. The molecule has 4 atom stereocenters. The third kappa shape index (κ3) is 1.63. The van der Waals surface area contributed by atoms with Gasteiger partial charge in [0.15, 0.2) is 0 Å². The molecule has 3 fully saturated rings. The van der Waals surface area contributed by atoms with E-state index in [1.54, 1.807) is 0 Å². The van der Waals surface area contributed by atoms with Crippen molar-refractivity contribution in [1.82, 2.24) is 4.90 Å². The highest BCUT2D eigenvalue weighted by molar-refractivity contribution is 4.93. The van der Waals surface area contributed by atoms with E-state index in [9.17, 15) is 0 Å². The van der Waals surface area contributed by atoms with Crippen LogP contribution >= 0.6 is 0 Å². The highest BCUT2D eigenvalue weighted by Crippen LogP contribution is 2.39. The minimum atomic E-state index is 0.862. The first kappa shape index (κ1) is 9.51. The van der Waals surface area contributed by atoms with Gasteiger partial charge in [0.2, 0.25) is 0 Å². The average Bonchev–Trinajstić information content (AvgIpc) is 2.18. The fraction of sp³-hybridized carbons (Fsp3) is 1.00. The Balaban J connectivity index is 2.03. The first-order valence-electron chi connectivity index (χ1n) is 5.96. The number of rotatable bonds is 2. The van der Waals surface area contributed by atoms with Crippen molar-refractivity contribution in [1.29, 1.82) is 0 Å². The third-order valence-electron chi connectivity index (χ3n) is 4.23. The van der Waals surface area contributed by atoms with E-state index in [2.05, 4.69) is 25.7 Å². The summed E-state index contributed by atoms with van der Waals surface area (Å²) in [4.78, 5) is 2.75. The lowest BCUT2D eigenvalue weighted by Crippen LogP contribution is -2.54. The first-order valence-corrected chi connectivity index (χ1v) is 5.96. The molecule has 0 saturated carbocycles. The number of fused-ring (bicyclic) bond motifs is 3. The van der Waals surface area contributed by atoms with Crippen LogP contribution in [0.4, 0.5) is 0 Å². The maximum Gasteiger partial charge on any atom is 0.0121 e.